The van der Waals surface area contributed by atoms with E-state index in [1.54, 1.807) is 0 Å². The highest BCUT2D eigenvalue weighted by atomic mass is 32.1. The Morgan fingerprint density at radius 3 is 1.11 bits per heavy atom. The van der Waals surface area contributed by atoms with Gasteiger partial charge in [0.25, 0.3) is 0 Å². The van der Waals surface area contributed by atoms with Crippen molar-refractivity contribution in [3.63, 3.8) is 0 Å². The Hall–Kier alpha value is -7.36. The van der Waals surface area contributed by atoms with Gasteiger partial charge < -0.3 is 0 Å². The minimum absolute atomic E-state index is 1.23. The lowest BCUT2D eigenvalue weighted by atomic mass is 9.75. The van der Waals surface area contributed by atoms with E-state index in [9.17, 15) is 0 Å². The molecule has 0 spiro atoms. The molecule has 0 bridgehead atoms. The van der Waals surface area contributed by atoms with Crippen LogP contribution in [0.4, 0.5) is 0 Å². The summed E-state index contributed by atoms with van der Waals surface area (Å²) in [5.74, 6) is 0. The Kier molecular flexibility index (Phi) is 7.24. The molecule has 62 heavy (non-hydrogen) atoms. The van der Waals surface area contributed by atoms with Gasteiger partial charge in [0.1, 0.15) is 0 Å². The predicted molar refractivity (Wildman–Crippen MR) is 271 cm³/mol. The molecule has 2 heterocycles. The molecule has 1 aliphatic rings. The van der Waals surface area contributed by atoms with Crippen LogP contribution in [0.2, 0.25) is 0 Å². The predicted octanol–water partition coefficient (Wildman–Crippen LogP) is 18.2. The highest BCUT2D eigenvalue weighted by Gasteiger charge is 2.28. The van der Waals surface area contributed by atoms with Crippen molar-refractivity contribution in [2.75, 3.05) is 0 Å². The first kappa shape index (κ1) is 34.4. The summed E-state index contributed by atoms with van der Waals surface area (Å²) in [5, 5.41) is 13.0. The molecule has 0 saturated heterocycles. The number of hydrogen-bond acceptors (Lipinski definition) is 2. The Labute approximate surface area is 366 Å². The standard InChI is InChI=1S/C60H34S2/c1-3-15-41-39(13-1)40-14-2-4-16-42(40)50-34-54-51(33-49(41)50)48-24-12-21-37(35-27-29-57-52(31-35)44-18-7-9-25-55(44)61-57)59(48)46-20-6-5-17-43(46)47-23-11-22-38(60(47)54)36-28-30-58-53(32-36)45-19-8-10-26-56(45)62-58/h1-34H. The van der Waals surface area contributed by atoms with E-state index < -0.39 is 0 Å². The van der Waals surface area contributed by atoms with Gasteiger partial charge >= 0.3 is 0 Å². The van der Waals surface area contributed by atoms with Gasteiger partial charge in [-0.15, -0.1) is 22.7 Å². The fourth-order valence-electron chi connectivity index (χ4n) is 10.7. The largest absolute Gasteiger partial charge is 0.135 e. The van der Waals surface area contributed by atoms with E-state index in [1.807, 2.05) is 22.7 Å². The zero-order valence-electron chi connectivity index (χ0n) is 33.4. The first-order chi connectivity index (χ1) is 30.7. The van der Waals surface area contributed by atoms with E-state index in [-0.39, 0.29) is 0 Å². The molecule has 0 fully saturated rings. The second kappa shape index (κ2) is 13.1. The van der Waals surface area contributed by atoms with Crippen LogP contribution in [-0.2, 0) is 0 Å². The van der Waals surface area contributed by atoms with Crippen LogP contribution < -0.4 is 0 Å². The molecule has 0 unspecified atom stereocenters. The molecule has 2 aromatic heterocycles. The van der Waals surface area contributed by atoms with Crippen LogP contribution >= 0.6 is 22.7 Å². The van der Waals surface area contributed by atoms with Crippen LogP contribution in [0.3, 0.4) is 0 Å². The quantitative estimate of drug-likeness (QED) is 0.152. The Morgan fingerprint density at radius 2 is 0.565 bits per heavy atom. The Bertz CT molecular complexity index is 4050. The summed E-state index contributed by atoms with van der Waals surface area (Å²) in [7, 11) is 0. The van der Waals surface area contributed by atoms with Gasteiger partial charge in [0.05, 0.1) is 0 Å². The van der Waals surface area contributed by atoms with Crippen molar-refractivity contribution in [3.8, 4) is 66.8 Å². The van der Waals surface area contributed by atoms with Gasteiger partial charge in [-0.2, -0.15) is 0 Å². The van der Waals surface area contributed by atoms with Crippen molar-refractivity contribution in [3.05, 3.63) is 206 Å². The molecule has 13 aromatic rings. The SMILES string of the molecule is c1ccc2c(c1)-c1cccc(-c3ccc4sc5ccccc5c4c3)c1-c1cc3c4ccccc4c4ccccc4c3cc1-c1cccc(-c3ccc4sc5ccccc5c4c3)c1-2. The van der Waals surface area contributed by atoms with Crippen LogP contribution in [0, 0.1) is 0 Å². The van der Waals surface area contributed by atoms with E-state index in [2.05, 4.69) is 206 Å². The third kappa shape index (κ3) is 4.88. The lowest BCUT2D eigenvalue weighted by Gasteiger charge is -2.27. The molecule has 1 aliphatic carbocycles. The lowest BCUT2D eigenvalue weighted by Crippen LogP contribution is -2.01. The molecule has 0 amide bonds. The van der Waals surface area contributed by atoms with Gasteiger partial charge in [0.2, 0.25) is 0 Å². The first-order valence-corrected chi connectivity index (χ1v) is 23.0. The highest BCUT2D eigenvalue weighted by Crippen LogP contribution is 2.55. The van der Waals surface area contributed by atoms with Crippen LogP contribution in [0.15, 0.2) is 206 Å². The van der Waals surface area contributed by atoms with Crippen molar-refractivity contribution < 1.29 is 0 Å². The molecule has 14 rings (SSSR count). The summed E-state index contributed by atoms with van der Waals surface area (Å²) < 4.78 is 5.29. The topological polar surface area (TPSA) is 0 Å². The summed E-state index contributed by atoms with van der Waals surface area (Å²) in [5.41, 5.74) is 15.0. The number of fused-ring (bicyclic) bond motifs is 20. The fraction of sp³-hybridized carbons (Fsp3) is 0. The number of hydrogen-bond donors (Lipinski definition) is 0. The fourth-order valence-corrected chi connectivity index (χ4v) is 12.9. The molecule has 0 saturated carbocycles. The van der Waals surface area contributed by atoms with E-state index in [1.165, 1.54) is 139 Å². The molecule has 0 aliphatic heterocycles. The monoisotopic (exact) mass is 818 g/mol. The Morgan fingerprint density at radius 1 is 0.194 bits per heavy atom. The third-order valence-electron chi connectivity index (χ3n) is 13.4. The number of benzene rings is 11. The normalized spacial score (nSPS) is 12.2. The molecule has 0 nitrogen and oxygen atoms in total. The molecule has 11 aromatic carbocycles. The van der Waals surface area contributed by atoms with Gasteiger partial charge in [-0.1, -0.05) is 158 Å². The first-order valence-electron chi connectivity index (χ1n) is 21.3. The molecule has 0 N–H and O–H groups in total. The maximum Gasteiger partial charge on any atom is 0.0355 e. The van der Waals surface area contributed by atoms with Gasteiger partial charge in [-0.25, -0.2) is 0 Å². The summed E-state index contributed by atoms with van der Waals surface area (Å²) >= 11 is 3.75. The molecule has 286 valence electrons. The van der Waals surface area contributed by atoms with Crippen molar-refractivity contribution in [2.24, 2.45) is 0 Å². The van der Waals surface area contributed by atoms with Crippen LogP contribution in [0.25, 0.3) is 139 Å². The van der Waals surface area contributed by atoms with Gasteiger partial charge in [0, 0.05) is 40.3 Å². The second-order valence-corrected chi connectivity index (χ2v) is 18.8. The summed E-state index contributed by atoms with van der Waals surface area (Å²) in [6.45, 7) is 0. The molecule has 0 atom stereocenters. The zero-order valence-corrected chi connectivity index (χ0v) is 35.1. The Balaban J connectivity index is 1.14. The van der Waals surface area contributed by atoms with Crippen LogP contribution in [-0.4, -0.2) is 0 Å². The number of rotatable bonds is 2. The average Bonchev–Trinajstić information content (AvgIpc) is 3.90. The third-order valence-corrected chi connectivity index (χ3v) is 15.7. The molecule has 0 radical (unpaired) electrons. The summed E-state index contributed by atoms with van der Waals surface area (Å²) in [6.07, 6.45) is 0. The van der Waals surface area contributed by atoms with E-state index in [4.69, 9.17) is 0 Å². The van der Waals surface area contributed by atoms with E-state index in [0.717, 1.165) is 0 Å². The molecule has 2 heteroatoms. The smallest absolute Gasteiger partial charge is 0.0355 e. The van der Waals surface area contributed by atoms with Gasteiger partial charge in [-0.3, -0.25) is 0 Å². The minimum atomic E-state index is 1.23. The molecular weight excluding hydrogens is 785 g/mol. The van der Waals surface area contributed by atoms with Gasteiger partial charge in [-0.05, 0) is 148 Å². The highest BCUT2D eigenvalue weighted by molar-refractivity contribution is 7.26. The van der Waals surface area contributed by atoms with Crippen molar-refractivity contribution >= 4 is 95.3 Å². The maximum atomic E-state index is 2.54. The van der Waals surface area contributed by atoms with E-state index in [0.29, 0.717) is 0 Å². The van der Waals surface area contributed by atoms with Crippen molar-refractivity contribution in [1.29, 1.82) is 0 Å². The van der Waals surface area contributed by atoms with Crippen molar-refractivity contribution in [2.45, 2.75) is 0 Å². The molecular formula is C60H34S2. The lowest BCUT2D eigenvalue weighted by molar-refractivity contribution is 1.52. The van der Waals surface area contributed by atoms with Gasteiger partial charge in [0.15, 0.2) is 0 Å². The zero-order chi connectivity index (χ0) is 40.5. The second-order valence-electron chi connectivity index (χ2n) is 16.7. The van der Waals surface area contributed by atoms with Crippen LogP contribution in [0.1, 0.15) is 0 Å². The minimum Gasteiger partial charge on any atom is -0.135 e. The number of thiophene rings is 2. The van der Waals surface area contributed by atoms with E-state index >= 15 is 0 Å². The van der Waals surface area contributed by atoms with Crippen LogP contribution in [0.5, 0.6) is 0 Å². The summed E-state index contributed by atoms with van der Waals surface area (Å²) in [4.78, 5) is 0. The maximum absolute atomic E-state index is 2.54. The average molecular weight is 819 g/mol. The summed E-state index contributed by atoms with van der Waals surface area (Å²) in [6, 6.07) is 78.0. The van der Waals surface area contributed by atoms with Crippen molar-refractivity contribution in [1.82, 2.24) is 0 Å².